The number of rotatable bonds is 1. The zero-order valence-corrected chi connectivity index (χ0v) is 7.65. The summed E-state index contributed by atoms with van der Waals surface area (Å²) < 4.78 is 13.2. The number of aromatic amines is 1. The van der Waals surface area contributed by atoms with Crippen LogP contribution in [0.3, 0.4) is 0 Å². The molecule has 4 nitrogen and oxygen atoms in total. The van der Waals surface area contributed by atoms with Crippen LogP contribution in [0.1, 0.15) is 5.01 Å². The maximum atomic E-state index is 13.2. The first-order chi connectivity index (χ1) is 6.18. The standard InChI is InChI=1S/C7H7FN4S/c1-3-10-4(2-13-3)6-5(8)7(9)12-11-6/h2H,1H3,(H3,9,11,12). The molecule has 2 rings (SSSR count). The topological polar surface area (TPSA) is 67.6 Å². The molecule has 0 unspecified atom stereocenters. The second-order valence-corrected chi connectivity index (χ2v) is 3.61. The zero-order chi connectivity index (χ0) is 9.42. The molecular formula is C7H7FN4S. The van der Waals surface area contributed by atoms with Crippen LogP contribution in [-0.4, -0.2) is 15.2 Å². The summed E-state index contributed by atoms with van der Waals surface area (Å²) in [6.07, 6.45) is 0. The van der Waals surface area contributed by atoms with Gasteiger partial charge in [-0.2, -0.15) is 5.10 Å². The lowest BCUT2D eigenvalue weighted by Crippen LogP contribution is -1.87. The number of nitrogens with one attached hydrogen (secondary N) is 1. The van der Waals surface area contributed by atoms with E-state index in [4.69, 9.17) is 5.73 Å². The number of halogens is 1. The quantitative estimate of drug-likeness (QED) is 0.730. The Labute approximate surface area is 77.6 Å². The smallest absolute Gasteiger partial charge is 0.194 e. The lowest BCUT2D eigenvalue weighted by molar-refractivity contribution is 0.636. The fourth-order valence-electron chi connectivity index (χ4n) is 0.990. The summed E-state index contributed by atoms with van der Waals surface area (Å²) in [7, 11) is 0. The molecule has 2 aromatic heterocycles. The molecule has 0 fully saturated rings. The van der Waals surface area contributed by atoms with Crippen molar-refractivity contribution < 1.29 is 4.39 Å². The van der Waals surface area contributed by atoms with Gasteiger partial charge in [-0.1, -0.05) is 0 Å². The minimum atomic E-state index is -0.537. The van der Waals surface area contributed by atoms with Gasteiger partial charge in [0.1, 0.15) is 11.4 Å². The van der Waals surface area contributed by atoms with Crippen molar-refractivity contribution in [3.8, 4) is 11.4 Å². The van der Waals surface area contributed by atoms with E-state index in [9.17, 15) is 4.39 Å². The molecular weight excluding hydrogens is 191 g/mol. The first kappa shape index (κ1) is 8.18. The molecule has 6 heteroatoms. The highest BCUT2D eigenvalue weighted by molar-refractivity contribution is 7.09. The van der Waals surface area contributed by atoms with Crippen molar-refractivity contribution in [3.05, 3.63) is 16.2 Å². The third-order valence-corrected chi connectivity index (χ3v) is 2.38. The number of hydrogen-bond acceptors (Lipinski definition) is 4. The molecule has 3 N–H and O–H groups in total. The number of nitrogens with two attached hydrogens (primary N) is 1. The Kier molecular flexibility index (Phi) is 1.77. The van der Waals surface area contributed by atoms with E-state index in [-0.39, 0.29) is 11.5 Å². The number of nitrogen functional groups attached to an aromatic ring is 1. The van der Waals surface area contributed by atoms with E-state index in [1.54, 1.807) is 5.38 Å². The number of thiazole rings is 1. The van der Waals surface area contributed by atoms with E-state index in [1.165, 1.54) is 11.3 Å². The lowest BCUT2D eigenvalue weighted by Gasteiger charge is -1.88. The minimum Gasteiger partial charge on any atom is -0.380 e. The molecule has 0 aliphatic heterocycles. The summed E-state index contributed by atoms with van der Waals surface area (Å²) in [5, 5.41) is 8.67. The van der Waals surface area contributed by atoms with Crippen LogP contribution in [0.5, 0.6) is 0 Å². The first-order valence-corrected chi connectivity index (χ1v) is 4.48. The Balaban J connectivity index is 2.52. The SMILES string of the molecule is Cc1nc(-c2[nH]nc(N)c2F)cs1. The molecule has 2 heterocycles. The van der Waals surface area contributed by atoms with E-state index in [2.05, 4.69) is 15.2 Å². The first-order valence-electron chi connectivity index (χ1n) is 3.60. The fraction of sp³-hybridized carbons (Fsp3) is 0.143. The summed E-state index contributed by atoms with van der Waals surface area (Å²) in [5.41, 5.74) is 6.04. The molecule has 0 aliphatic rings. The Morgan fingerprint density at radius 3 is 2.85 bits per heavy atom. The van der Waals surface area contributed by atoms with Crippen molar-refractivity contribution in [1.29, 1.82) is 0 Å². The minimum absolute atomic E-state index is 0.124. The van der Waals surface area contributed by atoms with Gasteiger partial charge in [-0.05, 0) is 6.92 Å². The lowest BCUT2D eigenvalue weighted by atomic mass is 10.3. The Morgan fingerprint density at radius 2 is 2.38 bits per heavy atom. The summed E-state index contributed by atoms with van der Waals surface area (Å²) in [6, 6.07) is 0. The maximum absolute atomic E-state index is 13.2. The van der Waals surface area contributed by atoms with Crippen LogP contribution in [0.15, 0.2) is 5.38 Å². The van der Waals surface area contributed by atoms with Crippen LogP contribution < -0.4 is 5.73 Å². The molecule has 2 aromatic rings. The van der Waals surface area contributed by atoms with Crippen molar-refractivity contribution in [2.75, 3.05) is 5.73 Å². The van der Waals surface area contributed by atoms with E-state index >= 15 is 0 Å². The molecule has 68 valence electrons. The van der Waals surface area contributed by atoms with E-state index < -0.39 is 5.82 Å². The van der Waals surface area contributed by atoms with Crippen molar-refractivity contribution in [2.45, 2.75) is 6.92 Å². The molecule has 13 heavy (non-hydrogen) atoms. The number of H-pyrrole nitrogens is 1. The number of aryl methyl sites for hydroxylation is 1. The van der Waals surface area contributed by atoms with Gasteiger partial charge in [0.15, 0.2) is 11.6 Å². The zero-order valence-electron chi connectivity index (χ0n) is 6.84. The van der Waals surface area contributed by atoms with E-state index in [0.717, 1.165) is 5.01 Å². The van der Waals surface area contributed by atoms with Gasteiger partial charge in [0, 0.05) is 5.38 Å². The molecule has 0 amide bonds. The Morgan fingerprint density at radius 1 is 1.62 bits per heavy atom. The molecule has 0 aliphatic carbocycles. The summed E-state index contributed by atoms with van der Waals surface area (Å²) in [6.45, 7) is 1.85. The predicted octanol–water partition coefficient (Wildman–Crippen LogP) is 1.56. The molecule has 0 spiro atoms. The highest BCUT2D eigenvalue weighted by Gasteiger charge is 2.13. The van der Waals surface area contributed by atoms with Gasteiger partial charge >= 0.3 is 0 Å². The van der Waals surface area contributed by atoms with Gasteiger partial charge in [0.05, 0.1) is 5.01 Å². The second kappa shape index (κ2) is 2.81. The third-order valence-electron chi connectivity index (χ3n) is 1.61. The van der Waals surface area contributed by atoms with E-state index in [0.29, 0.717) is 5.69 Å². The van der Waals surface area contributed by atoms with Crippen molar-refractivity contribution in [3.63, 3.8) is 0 Å². The fourth-order valence-corrected chi connectivity index (χ4v) is 1.59. The highest BCUT2D eigenvalue weighted by Crippen LogP contribution is 2.24. The van der Waals surface area contributed by atoms with Crippen LogP contribution in [0.25, 0.3) is 11.4 Å². The molecule has 0 atom stereocenters. The van der Waals surface area contributed by atoms with Gasteiger partial charge in [0.2, 0.25) is 0 Å². The summed E-state index contributed by atoms with van der Waals surface area (Å²) in [5.74, 6) is -0.661. The van der Waals surface area contributed by atoms with Gasteiger partial charge in [0.25, 0.3) is 0 Å². The van der Waals surface area contributed by atoms with Crippen molar-refractivity contribution in [1.82, 2.24) is 15.2 Å². The third kappa shape index (κ3) is 1.29. The van der Waals surface area contributed by atoms with Gasteiger partial charge in [-0.15, -0.1) is 11.3 Å². The number of aromatic nitrogens is 3. The molecule has 0 saturated heterocycles. The molecule has 0 bridgehead atoms. The molecule has 0 radical (unpaired) electrons. The summed E-state index contributed by atoms with van der Waals surface area (Å²) in [4.78, 5) is 4.11. The Bertz CT molecular complexity index is 433. The van der Waals surface area contributed by atoms with Crippen LogP contribution in [0.2, 0.25) is 0 Å². The number of nitrogens with zero attached hydrogens (tertiary/aromatic N) is 2. The largest absolute Gasteiger partial charge is 0.380 e. The summed E-state index contributed by atoms with van der Waals surface area (Å²) >= 11 is 1.45. The molecule has 0 aromatic carbocycles. The van der Waals surface area contributed by atoms with E-state index in [1.807, 2.05) is 6.92 Å². The predicted molar refractivity (Wildman–Crippen MR) is 48.8 cm³/mol. The second-order valence-electron chi connectivity index (χ2n) is 2.55. The number of hydrogen-bond donors (Lipinski definition) is 2. The maximum Gasteiger partial charge on any atom is 0.194 e. The van der Waals surface area contributed by atoms with Crippen LogP contribution in [0.4, 0.5) is 10.2 Å². The average molecular weight is 198 g/mol. The normalized spacial score (nSPS) is 10.6. The van der Waals surface area contributed by atoms with Gasteiger partial charge < -0.3 is 5.73 Å². The average Bonchev–Trinajstić information content (AvgIpc) is 2.62. The van der Waals surface area contributed by atoms with Crippen molar-refractivity contribution >= 4 is 17.2 Å². The van der Waals surface area contributed by atoms with Gasteiger partial charge in [-0.3, -0.25) is 5.10 Å². The van der Waals surface area contributed by atoms with Crippen LogP contribution in [-0.2, 0) is 0 Å². The highest BCUT2D eigenvalue weighted by atomic mass is 32.1. The molecule has 0 saturated carbocycles. The number of anilines is 1. The van der Waals surface area contributed by atoms with Crippen LogP contribution in [0, 0.1) is 12.7 Å². The van der Waals surface area contributed by atoms with Crippen LogP contribution >= 0.6 is 11.3 Å². The van der Waals surface area contributed by atoms with Crippen molar-refractivity contribution in [2.24, 2.45) is 0 Å². The Hall–Kier alpha value is -1.43. The monoisotopic (exact) mass is 198 g/mol. The van der Waals surface area contributed by atoms with Gasteiger partial charge in [-0.25, -0.2) is 9.37 Å².